The third-order valence-electron chi connectivity index (χ3n) is 2.35. The fourth-order valence-electron chi connectivity index (χ4n) is 1.49. The number of likely N-dealkylation sites (N-methyl/N-ethyl adjacent to an activating group) is 1. The minimum atomic E-state index is 0.438. The number of methoxy groups -OCH3 is 1. The van der Waals surface area contributed by atoms with E-state index in [-0.39, 0.29) is 0 Å². The Morgan fingerprint density at radius 2 is 2.12 bits per heavy atom. The largest absolute Gasteiger partial charge is 0.476 e. The highest BCUT2D eigenvalue weighted by atomic mass is 16.5. The summed E-state index contributed by atoms with van der Waals surface area (Å²) >= 11 is 0. The van der Waals surface area contributed by atoms with Gasteiger partial charge in [0.2, 0.25) is 5.88 Å². The molecule has 0 aliphatic carbocycles. The Labute approximate surface area is 102 Å². The monoisotopic (exact) mass is 240 g/mol. The van der Waals surface area contributed by atoms with Gasteiger partial charge in [0.15, 0.2) is 5.82 Å². The highest BCUT2D eigenvalue weighted by Crippen LogP contribution is 2.27. The van der Waals surface area contributed by atoms with Crippen LogP contribution in [0.5, 0.6) is 5.88 Å². The minimum absolute atomic E-state index is 0.438. The van der Waals surface area contributed by atoms with E-state index in [1.807, 2.05) is 18.7 Å². The molecule has 6 heteroatoms. The predicted octanol–water partition coefficient (Wildman–Crippen LogP) is 0.930. The lowest BCUT2D eigenvalue weighted by molar-refractivity contribution is 0.205. The van der Waals surface area contributed by atoms with E-state index in [0.717, 1.165) is 13.1 Å². The number of aromatic nitrogens is 2. The molecule has 0 amide bonds. The zero-order valence-electron chi connectivity index (χ0n) is 10.6. The lowest BCUT2D eigenvalue weighted by Gasteiger charge is -2.23. The summed E-state index contributed by atoms with van der Waals surface area (Å²) in [5, 5.41) is 0. The van der Waals surface area contributed by atoms with E-state index < -0.39 is 0 Å². The maximum atomic E-state index is 5.99. The van der Waals surface area contributed by atoms with Crippen molar-refractivity contribution in [2.45, 2.75) is 13.8 Å². The summed E-state index contributed by atoms with van der Waals surface area (Å²) in [7, 11) is 1.67. The summed E-state index contributed by atoms with van der Waals surface area (Å²) in [5.41, 5.74) is 6.46. The number of nitrogens with zero attached hydrogens (tertiary/aromatic N) is 3. The number of nitrogen functional groups attached to an aromatic ring is 1. The number of nitrogens with two attached hydrogens (primary N) is 1. The second kappa shape index (κ2) is 6.90. The Balaban J connectivity index is 2.90. The van der Waals surface area contributed by atoms with Crippen LogP contribution in [0, 0.1) is 0 Å². The molecule has 1 aromatic rings. The van der Waals surface area contributed by atoms with Gasteiger partial charge in [-0.1, -0.05) is 0 Å². The molecule has 0 spiro atoms. The lowest BCUT2D eigenvalue weighted by atomic mass is 10.4. The maximum Gasteiger partial charge on any atom is 0.242 e. The average molecular weight is 240 g/mol. The second-order valence-corrected chi connectivity index (χ2v) is 3.42. The molecule has 96 valence electrons. The van der Waals surface area contributed by atoms with Crippen LogP contribution in [0.4, 0.5) is 11.5 Å². The molecule has 0 fully saturated rings. The molecule has 0 aromatic carbocycles. The van der Waals surface area contributed by atoms with E-state index >= 15 is 0 Å². The van der Waals surface area contributed by atoms with Gasteiger partial charge < -0.3 is 20.1 Å². The number of rotatable bonds is 7. The highest BCUT2D eigenvalue weighted by Gasteiger charge is 2.14. The molecule has 2 N–H and O–H groups in total. The zero-order valence-corrected chi connectivity index (χ0v) is 10.6. The van der Waals surface area contributed by atoms with Gasteiger partial charge in [-0.3, -0.25) is 0 Å². The molecular formula is C11H20N4O2. The van der Waals surface area contributed by atoms with Gasteiger partial charge in [0.1, 0.15) is 12.0 Å². The van der Waals surface area contributed by atoms with Gasteiger partial charge in [0, 0.05) is 20.2 Å². The SMILES string of the molecule is CCOc1ncnc(N(CC)CCOC)c1N. The summed E-state index contributed by atoms with van der Waals surface area (Å²) in [5.74, 6) is 1.14. The van der Waals surface area contributed by atoms with E-state index in [4.69, 9.17) is 15.2 Å². The summed E-state index contributed by atoms with van der Waals surface area (Å²) in [6, 6.07) is 0. The van der Waals surface area contributed by atoms with Crippen LogP contribution >= 0.6 is 0 Å². The fourth-order valence-corrected chi connectivity index (χ4v) is 1.49. The first-order chi connectivity index (χ1) is 8.24. The molecule has 1 heterocycles. The standard InChI is InChI=1S/C11H20N4O2/c1-4-15(6-7-16-3)10-9(12)11(17-5-2)14-8-13-10/h8H,4-7,12H2,1-3H3. The van der Waals surface area contributed by atoms with Crippen molar-refractivity contribution in [1.29, 1.82) is 0 Å². The Kier molecular flexibility index (Phi) is 5.48. The third kappa shape index (κ3) is 3.45. The molecule has 0 saturated carbocycles. The van der Waals surface area contributed by atoms with Gasteiger partial charge >= 0.3 is 0 Å². The van der Waals surface area contributed by atoms with Crippen molar-refractivity contribution in [2.24, 2.45) is 0 Å². The van der Waals surface area contributed by atoms with Crippen molar-refractivity contribution in [3.63, 3.8) is 0 Å². The van der Waals surface area contributed by atoms with Gasteiger partial charge in [-0.2, -0.15) is 4.98 Å². The Bertz CT molecular complexity index is 346. The van der Waals surface area contributed by atoms with Crippen molar-refractivity contribution < 1.29 is 9.47 Å². The first-order valence-corrected chi connectivity index (χ1v) is 5.71. The molecule has 0 bridgehead atoms. The second-order valence-electron chi connectivity index (χ2n) is 3.42. The topological polar surface area (TPSA) is 73.5 Å². The molecule has 0 unspecified atom stereocenters. The normalized spacial score (nSPS) is 10.3. The van der Waals surface area contributed by atoms with E-state index in [0.29, 0.717) is 30.6 Å². The Morgan fingerprint density at radius 3 is 2.71 bits per heavy atom. The van der Waals surface area contributed by atoms with E-state index in [2.05, 4.69) is 9.97 Å². The van der Waals surface area contributed by atoms with Crippen LogP contribution in [0.15, 0.2) is 6.33 Å². The number of ether oxygens (including phenoxy) is 2. The van der Waals surface area contributed by atoms with Crippen molar-refractivity contribution in [2.75, 3.05) is 44.0 Å². The van der Waals surface area contributed by atoms with E-state index in [9.17, 15) is 0 Å². The Hall–Kier alpha value is -1.56. The smallest absolute Gasteiger partial charge is 0.242 e. The number of anilines is 2. The first-order valence-electron chi connectivity index (χ1n) is 5.71. The third-order valence-corrected chi connectivity index (χ3v) is 2.35. The van der Waals surface area contributed by atoms with Gasteiger partial charge in [-0.05, 0) is 13.8 Å². The quantitative estimate of drug-likeness (QED) is 0.764. The molecule has 1 aromatic heterocycles. The fraction of sp³-hybridized carbons (Fsp3) is 0.636. The van der Waals surface area contributed by atoms with Crippen molar-refractivity contribution in [1.82, 2.24) is 9.97 Å². The summed E-state index contributed by atoms with van der Waals surface area (Å²) < 4.78 is 10.4. The minimum Gasteiger partial charge on any atom is -0.476 e. The van der Waals surface area contributed by atoms with Crippen LogP contribution in [0.2, 0.25) is 0 Å². The van der Waals surface area contributed by atoms with Gasteiger partial charge in [0.25, 0.3) is 0 Å². The van der Waals surface area contributed by atoms with Crippen molar-refractivity contribution in [3.05, 3.63) is 6.33 Å². The Morgan fingerprint density at radius 1 is 1.35 bits per heavy atom. The van der Waals surface area contributed by atoms with Gasteiger partial charge in [-0.15, -0.1) is 0 Å². The summed E-state index contributed by atoms with van der Waals surface area (Å²) in [4.78, 5) is 10.2. The summed E-state index contributed by atoms with van der Waals surface area (Å²) in [6.07, 6.45) is 1.46. The molecule has 0 atom stereocenters. The first kappa shape index (κ1) is 13.5. The molecule has 17 heavy (non-hydrogen) atoms. The summed E-state index contributed by atoms with van der Waals surface area (Å²) in [6.45, 7) is 6.63. The lowest BCUT2D eigenvalue weighted by Crippen LogP contribution is -2.28. The van der Waals surface area contributed by atoms with Crippen LogP contribution in [-0.2, 0) is 4.74 Å². The van der Waals surface area contributed by atoms with Gasteiger partial charge in [0.05, 0.1) is 13.2 Å². The molecule has 1 rings (SSSR count). The van der Waals surface area contributed by atoms with Gasteiger partial charge in [-0.25, -0.2) is 4.98 Å². The molecular weight excluding hydrogens is 220 g/mol. The van der Waals surface area contributed by atoms with E-state index in [1.165, 1.54) is 6.33 Å². The maximum absolute atomic E-state index is 5.99. The van der Waals surface area contributed by atoms with E-state index in [1.54, 1.807) is 7.11 Å². The average Bonchev–Trinajstić information content (AvgIpc) is 2.34. The molecule has 0 radical (unpaired) electrons. The molecule has 0 aliphatic rings. The predicted molar refractivity (Wildman–Crippen MR) is 67.4 cm³/mol. The number of hydrogen-bond acceptors (Lipinski definition) is 6. The molecule has 0 saturated heterocycles. The molecule has 0 aliphatic heterocycles. The van der Waals surface area contributed by atoms with Crippen molar-refractivity contribution in [3.8, 4) is 5.88 Å². The zero-order chi connectivity index (χ0) is 12.7. The molecule has 6 nitrogen and oxygen atoms in total. The van der Waals surface area contributed by atoms with Crippen molar-refractivity contribution >= 4 is 11.5 Å². The van der Waals surface area contributed by atoms with Crippen LogP contribution < -0.4 is 15.4 Å². The van der Waals surface area contributed by atoms with Crippen LogP contribution in [0.3, 0.4) is 0 Å². The van der Waals surface area contributed by atoms with Crippen LogP contribution in [-0.4, -0.2) is 43.4 Å². The van der Waals surface area contributed by atoms with Crippen LogP contribution in [0.25, 0.3) is 0 Å². The highest BCUT2D eigenvalue weighted by molar-refractivity contribution is 5.67. The van der Waals surface area contributed by atoms with Crippen LogP contribution in [0.1, 0.15) is 13.8 Å². The number of hydrogen-bond donors (Lipinski definition) is 1.